The van der Waals surface area contributed by atoms with Crippen LogP contribution in [0, 0.1) is 24.2 Å². The summed E-state index contributed by atoms with van der Waals surface area (Å²) in [5, 5.41) is 19.5. The van der Waals surface area contributed by atoms with Crippen LogP contribution in [0.3, 0.4) is 0 Å². The maximum atomic E-state index is 15.9. The number of nitrogens with two attached hydrogens (primary N) is 1. The van der Waals surface area contributed by atoms with Crippen molar-refractivity contribution < 1.29 is 31.9 Å². The highest BCUT2D eigenvalue weighted by atomic mass is 32.2. The number of aryl methyl sites for hydroxylation is 1. The molecule has 1 unspecified atom stereocenters. The number of piperazine rings is 1. The highest BCUT2D eigenvalue weighted by molar-refractivity contribution is 7.89. The van der Waals surface area contributed by atoms with E-state index in [1.165, 1.54) is 33.5 Å². The SMILES string of the molecule is Cc1cc(C(F)(F)C2CCC(C(=O)NCC(N)CO)CC2)cc(N2CCN(S(=O)(=O)c3ccc(N4CC(=N)CC4=O)cc3)CC2)n1. The second-order valence-electron chi connectivity index (χ2n) is 12.4. The number of carbonyl (C=O) groups is 2. The number of rotatable bonds is 10. The zero-order valence-electron chi connectivity index (χ0n) is 25.8. The van der Waals surface area contributed by atoms with Gasteiger partial charge in [-0.2, -0.15) is 4.31 Å². The number of aliphatic hydroxyl groups is 1. The Morgan fingerprint density at radius 1 is 1.13 bits per heavy atom. The predicted octanol–water partition coefficient (Wildman–Crippen LogP) is 1.99. The van der Waals surface area contributed by atoms with Gasteiger partial charge in [-0.1, -0.05) is 0 Å². The number of pyridine rings is 1. The van der Waals surface area contributed by atoms with Gasteiger partial charge in [-0.05, 0) is 69.0 Å². The summed E-state index contributed by atoms with van der Waals surface area (Å²) < 4.78 is 59.8. The second-order valence-corrected chi connectivity index (χ2v) is 14.3. The minimum atomic E-state index is -3.83. The van der Waals surface area contributed by atoms with Crippen LogP contribution in [0.5, 0.6) is 0 Å². The number of amides is 2. The number of benzene rings is 1. The van der Waals surface area contributed by atoms with Crippen molar-refractivity contribution in [1.29, 1.82) is 5.41 Å². The van der Waals surface area contributed by atoms with Gasteiger partial charge in [0.2, 0.25) is 21.8 Å². The molecule has 0 spiro atoms. The number of nitrogens with zero attached hydrogens (tertiary/aromatic N) is 4. The van der Waals surface area contributed by atoms with Crippen LogP contribution in [0.1, 0.15) is 43.4 Å². The van der Waals surface area contributed by atoms with Gasteiger partial charge in [0.1, 0.15) is 5.82 Å². The molecule has 12 nitrogen and oxygen atoms in total. The monoisotopic (exact) mass is 661 g/mol. The third kappa shape index (κ3) is 7.22. The van der Waals surface area contributed by atoms with E-state index in [9.17, 15) is 18.0 Å². The highest BCUT2D eigenvalue weighted by Gasteiger charge is 2.44. The van der Waals surface area contributed by atoms with Gasteiger partial charge in [-0.3, -0.25) is 9.59 Å². The molecule has 3 heterocycles. The van der Waals surface area contributed by atoms with E-state index < -0.39 is 27.9 Å². The first-order valence-corrected chi connectivity index (χ1v) is 17.0. The van der Waals surface area contributed by atoms with Gasteiger partial charge < -0.3 is 31.4 Å². The molecular weight excluding hydrogens is 620 g/mol. The highest BCUT2D eigenvalue weighted by Crippen LogP contribution is 2.45. The van der Waals surface area contributed by atoms with Gasteiger partial charge in [0.15, 0.2) is 0 Å². The number of anilines is 2. The van der Waals surface area contributed by atoms with Crippen molar-refractivity contribution in [3.8, 4) is 0 Å². The summed E-state index contributed by atoms with van der Waals surface area (Å²) in [6, 6.07) is 8.25. The normalized spacial score (nSPS) is 22.3. The maximum Gasteiger partial charge on any atom is 0.276 e. The molecule has 46 heavy (non-hydrogen) atoms. The summed E-state index contributed by atoms with van der Waals surface area (Å²) in [4.78, 5) is 32.4. The molecule has 0 radical (unpaired) electrons. The summed E-state index contributed by atoms with van der Waals surface area (Å²) in [6.45, 7) is 2.54. The van der Waals surface area contributed by atoms with E-state index in [-0.39, 0.29) is 93.3 Å². The second kappa shape index (κ2) is 13.7. The zero-order chi connectivity index (χ0) is 33.2. The minimum Gasteiger partial charge on any atom is -0.395 e. The van der Waals surface area contributed by atoms with Crippen molar-refractivity contribution in [3.63, 3.8) is 0 Å². The van der Waals surface area contributed by atoms with Gasteiger partial charge in [0.25, 0.3) is 5.92 Å². The molecule has 1 aromatic carbocycles. The molecule has 2 aromatic rings. The van der Waals surface area contributed by atoms with Gasteiger partial charge in [-0.25, -0.2) is 22.2 Å². The molecular formula is C31H41F2N7O5S. The predicted molar refractivity (Wildman–Crippen MR) is 168 cm³/mol. The third-order valence-corrected chi connectivity index (χ3v) is 11.0. The Bertz CT molecular complexity index is 1560. The molecule has 1 aromatic heterocycles. The average Bonchev–Trinajstić information content (AvgIpc) is 3.40. The molecule has 3 aliphatic rings. The molecule has 3 fully saturated rings. The fourth-order valence-corrected chi connectivity index (χ4v) is 7.77. The van der Waals surface area contributed by atoms with Crippen molar-refractivity contribution in [2.75, 3.05) is 55.7 Å². The summed E-state index contributed by atoms with van der Waals surface area (Å²) >= 11 is 0. The van der Waals surface area contributed by atoms with E-state index in [2.05, 4.69) is 10.3 Å². The standard InChI is InChI=1S/C31H41F2N7O5S/c1-20-14-23(31(32,33)22-4-2-21(3-5-22)30(43)36-17-25(35)19-41)15-28(37-20)38-10-12-39(13-11-38)46(44,45)27-8-6-26(7-9-27)40-18-24(34)16-29(40)42/h6-9,14-15,21-22,25,34,41H,2-5,10-13,16-19,35H2,1H3,(H,36,43). The number of hydrogen-bond donors (Lipinski definition) is 4. The molecule has 5 N–H and O–H groups in total. The van der Waals surface area contributed by atoms with Gasteiger partial charge in [0, 0.05) is 73.3 Å². The molecule has 250 valence electrons. The molecule has 2 amide bonds. The van der Waals surface area contributed by atoms with E-state index >= 15 is 8.78 Å². The van der Waals surface area contributed by atoms with Crippen molar-refractivity contribution >= 4 is 39.1 Å². The van der Waals surface area contributed by atoms with E-state index in [1.54, 1.807) is 19.1 Å². The first-order chi connectivity index (χ1) is 21.8. The van der Waals surface area contributed by atoms with Gasteiger partial charge in [0.05, 0.1) is 24.5 Å². The van der Waals surface area contributed by atoms with E-state index in [4.69, 9.17) is 16.2 Å². The fourth-order valence-electron chi connectivity index (χ4n) is 6.35. The molecule has 2 aliphatic heterocycles. The van der Waals surface area contributed by atoms with E-state index in [0.29, 0.717) is 35.8 Å². The number of alkyl halides is 2. The Morgan fingerprint density at radius 2 is 1.78 bits per heavy atom. The fraction of sp³-hybridized carbons (Fsp3) is 0.548. The molecule has 1 atom stereocenters. The van der Waals surface area contributed by atoms with Crippen LogP contribution in [-0.2, 0) is 25.5 Å². The van der Waals surface area contributed by atoms with Crippen molar-refractivity contribution in [3.05, 3.63) is 47.7 Å². The first kappa shape index (κ1) is 33.8. The zero-order valence-corrected chi connectivity index (χ0v) is 26.6. The van der Waals surface area contributed by atoms with Crippen LogP contribution >= 0.6 is 0 Å². The largest absolute Gasteiger partial charge is 0.395 e. The van der Waals surface area contributed by atoms with E-state index in [0.717, 1.165) is 0 Å². The van der Waals surface area contributed by atoms with Crippen molar-refractivity contribution in [2.45, 2.75) is 55.9 Å². The lowest BCUT2D eigenvalue weighted by Crippen LogP contribution is -2.49. The molecule has 0 bridgehead atoms. The molecule has 1 saturated carbocycles. The Balaban J connectivity index is 1.20. The maximum absolute atomic E-state index is 15.9. The Labute approximate surface area is 267 Å². The number of halogens is 2. The quantitative estimate of drug-likeness (QED) is 0.299. The van der Waals surface area contributed by atoms with Crippen LogP contribution in [0.4, 0.5) is 20.3 Å². The summed E-state index contributed by atoms with van der Waals surface area (Å²) in [5.74, 6) is -4.51. The van der Waals surface area contributed by atoms with Crippen LogP contribution in [0.2, 0.25) is 0 Å². The number of carbonyl (C=O) groups excluding carboxylic acids is 2. The van der Waals surface area contributed by atoms with Crippen molar-refractivity contribution in [1.82, 2.24) is 14.6 Å². The van der Waals surface area contributed by atoms with E-state index in [1.807, 2.05) is 4.90 Å². The summed E-state index contributed by atoms with van der Waals surface area (Å²) in [7, 11) is -3.83. The molecule has 2 saturated heterocycles. The number of aromatic nitrogens is 1. The van der Waals surface area contributed by atoms with Gasteiger partial charge >= 0.3 is 0 Å². The Hall–Kier alpha value is -3.53. The smallest absolute Gasteiger partial charge is 0.276 e. The molecule has 15 heteroatoms. The Kier molecular flexibility index (Phi) is 10.1. The van der Waals surface area contributed by atoms with Crippen LogP contribution in [0.25, 0.3) is 0 Å². The number of aliphatic hydroxyl groups excluding tert-OH is 1. The average molecular weight is 662 g/mol. The lowest BCUT2D eigenvalue weighted by atomic mass is 9.77. The summed E-state index contributed by atoms with van der Waals surface area (Å²) in [6.07, 6.45) is 1.09. The lowest BCUT2D eigenvalue weighted by Gasteiger charge is -2.36. The minimum absolute atomic E-state index is 0.0594. The first-order valence-electron chi connectivity index (χ1n) is 15.5. The summed E-state index contributed by atoms with van der Waals surface area (Å²) in [5.41, 5.74) is 6.77. The number of hydrogen-bond acceptors (Lipinski definition) is 9. The van der Waals surface area contributed by atoms with Crippen LogP contribution in [-0.4, -0.2) is 92.3 Å². The van der Waals surface area contributed by atoms with Crippen LogP contribution < -0.4 is 20.9 Å². The number of sulfonamides is 1. The van der Waals surface area contributed by atoms with Gasteiger partial charge in [-0.15, -0.1) is 0 Å². The third-order valence-electron chi connectivity index (χ3n) is 9.07. The lowest BCUT2D eigenvalue weighted by molar-refractivity contribution is -0.129. The molecule has 5 rings (SSSR count). The Morgan fingerprint density at radius 3 is 2.37 bits per heavy atom. The van der Waals surface area contributed by atoms with Crippen molar-refractivity contribution in [2.24, 2.45) is 17.6 Å². The topological polar surface area (TPSA) is 173 Å². The number of nitrogens with one attached hydrogen (secondary N) is 2. The van der Waals surface area contributed by atoms with Crippen LogP contribution in [0.15, 0.2) is 41.3 Å². The molecule has 1 aliphatic carbocycles.